The van der Waals surface area contributed by atoms with E-state index < -0.39 is 0 Å². The molecule has 0 atom stereocenters. The highest BCUT2D eigenvalue weighted by atomic mass is 16.5. The molecule has 7 heteroatoms. The van der Waals surface area contributed by atoms with Crippen molar-refractivity contribution in [1.29, 1.82) is 0 Å². The quantitative estimate of drug-likeness (QED) is 0.543. The van der Waals surface area contributed by atoms with Crippen LogP contribution in [0.5, 0.6) is 11.5 Å². The van der Waals surface area contributed by atoms with Crippen LogP contribution in [0, 0.1) is 5.92 Å². The Bertz CT molecular complexity index is 990. The zero-order valence-electron chi connectivity index (χ0n) is 15.4. The summed E-state index contributed by atoms with van der Waals surface area (Å²) >= 11 is 0. The Morgan fingerprint density at radius 2 is 1.89 bits per heavy atom. The van der Waals surface area contributed by atoms with Crippen LogP contribution in [-0.2, 0) is 4.79 Å². The number of ether oxygens (including phenoxy) is 2. The molecule has 0 saturated heterocycles. The van der Waals surface area contributed by atoms with Crippen molar-refractivity contribution in [3.05, 3.63) is 30.6 Å². The molecule has 0 bridgehead atoms. The minimum atomic E-state index is -0.280. The van der Waals surface area contributed by atoms with E-state index in [0.717, 1.165) is 47.5 Å². The van der Waals surface area contributed by atoms with Gasteiger partial charge in [0.25, 0.3) is 0 Å². The highest BCUT2D eigenvalue weighted by Crippen LogP contribution is 2.39. The first-order chi connectivity index (χ1) is 13.2. The number of aromatic nitrogens is 2. The van der Waals surface area contributed by atoms with Gasteiger partial charge in [0.1, 0.15) is 0 Å². The van der Waals surface area contributed by atoms with Crippen molar-refractivity contribution < 1.29 is 19.5 Å². The highest BCUT2D eigenvalue weighted by Gasteiger charge is 2.27. The van der Waals surface area contributed by atoms with Crippen molar-refractivity contribution in [3.63, 3.8) is 0 Å². The zero-order valence-corrected chi connectivity index (χ0v) is 15.4. The van der Waals surface area contributed by atoms with Gasteiger partial charge in [-0.15, -0.1) is 0 Å². The second-order valence-corrected chi connectivity index (χ2v) is 6.99. The van der Waals surface area contributed by atoms with E-state index in [1.54, 1.807) is 19.7 Å². The lowest BCUT2D eigenvalue weighted by Gasteiger charge is -2.29. The maximum absolute atomic E-state index is 11.7. The number of fused-ring (bicyclic) bond motifs is 3. The fourth-order valence-corrected chi connectivity index (χ4v) is 4.18. The van der Waals surface area contributed by atoms with E-state index >= 15 is 0 Å². The molecule has 4 rings (SSSR count). The number of hydrogen-bond acceptors (Lipinski definition) is 5. The number of carbonyl (C=O) groups is 1. The number of carbonyl (C=O) groups excluding carboxylic acids is 1. The topological polar surface area (TPSA) is 85.6 Å². The van der Waals surface area contributed by atoms with Crippen LogP contribution >= 0.6 is 0 Å². The Balaban J connectivity index is 1.76. The van der Waals surface area contributed by atoms with Gasteiger partial charge in [0.05, 0.1) is 25.3 Å². The van der Waals surface area contributed by atoms with Gasteiger partial charge >= 0.3 is 0 Å². The number of methoxy groups -OCH3 is 2. The first-order valence-corrected chi connectivity index (χ1v) is 9.11. The minimum absolute atomic E-state index is 0.115. The van der Waals surface area contributed by atoms with Gasteiger partial charge in [-0.25, -0.2) is 5.48 Å². The second kappa shape index (κ2) is 7.08. The van der Waals surface area contributed by atoms with Crippen LogP contribution in [-0.4, -0.2) is 34.9 Å². The van der Waals surface area contributed by atoms with Crippen LogP contribution in [0.1, 0.15) is 31.7 Å². The van der Waals surface area contributed by atoms with Crippen molar-refractivity contribution in [2.75, 3.05) is 14.2 Å². The molecule has 0 spiro atoms. The molecule has 1 amide bonds. The Morgan fingerprint density at radius 3 is 2.56 bits per heavy atom. The van der Waals surface area contributed by atoms with Crippen molar-refractivity contribution in [1.82, 2.24) is 15.0 Å². The summed E-state index contributed by atoms with van der Waals surface area (Å²) in [6.45, 7) is 0. The van der Waals surface area contributed by atoms with Gasteiger partial charge in [0.15, 0.2) is 11.5 Å². The van der Waals surface area contributed by atoms with E-state index in [2.05, 4.69) is 21.8 Å². The molecule has 1 aliphatic rings. The Hall–Kier alpha value is -2.80. The van der Waals surface area contributed by atoms with Gasteiger partial charge < -0.3 is 14.0 Å². The van der Waals surface area contributed by atoms with Crippen LogP contribution in [0.25, 0.3) is 21.8 Å². The average Bonchev–Trinajstić information content (AvgIpc) is 3.16. The molecule has 7 nitrogen and oxygen atoms in total. The lowest BCUT2D eigenvalue weighted by Crippen LogP contribution is -2.31. The first kappa shape index (κ1) is 17.6. The number of rotatable bonds is 4. The number of nitrogens with zero attached hydrogens (tertiary/aromatic N) is 2. The third-order valence-corrected chi connectivity index (χ3v) is 5.62. The number of hydroxylamine groups is 1. The number of hydrogen-bond donors (Lipinski definition) is 2. The average molecular weight is 369 g/mol. The summed E-state index contributed by atoms with van der Waals surface area (Å²) in [6.07, 6.45) is 7.27. The van der Waals surface area contributed by atoms with Crippen molar-refractivity contribution in [2.24, 2.45) is 5.92 Å². The molecule has 2 heterocycles. The van der Waals surface area contributed by atoms with Gasteiger partial charge in [0, 0.05) is 41.2 Å². The van der Waals surface area contributed by atoms with Gasteiger partial charge in [-0.05, 0) is 37.8 Å². The lowest BCUT2D eigenvalue weighted by molar-refractivity contribution is -0.134. The summed E-state index contributed by atoms with van der Waals surface area (Å²) in [6, 6.07) is 6.26. The van der Waals surface area contributed by atoms with Crippen molar-refractivity contribution >= 4 is 27.7 Å². The standard InChI is InChI=1S/C20H23N3O4/c1-26-17-9-15-16(10-18(17)27-2)21-11-13-7-8-23(19(13)15)14-5-3-12(4-6-14)20(24)22-25/h7-12,14,25H,3-6H2,1-2H3,(H,22,24). The highest BCUT2D eigenvalue weighted by molar-refractivity contribution is 6.05. The Kier molecular flexibility index (Phi) is 4.61. The Morgan fingerprint density at radius 1 is 1.19 bits per heavy atom. The molecule has 142 valence electrons. The summed E-state index contributed by atoms with van der Waals surface area (Å²) in [7, 11) is 3.25. The normalized spacial score (nSPS) is 20.0. The third-order valence-electron chi connectivity index (χ3n) is 5.62. The van der Waals surface area contributed by atoms with Crippen LogP contribution in [0.15, 0.2) is 30.6 Å². The fraction of sp³-hybridized carbons (Fsp3) is 0.400. The summed E-state index contributed by atoms with van der Waals surface area (Å²) in [4.78, 5) is 16.2. The van der Waals surface area contributed by atoms with Crippen molar-refractivity contribution in [3.8, 4) is 11.5 Å². The predicted octanol–water partition coefficient (Wildman–Crippen LogP) is 3.44. The maximum Gasteiger partial charge on any atom is 0.246 e. The summed E-state index contributed by atoms with van der Waals surface area (Å²) in [5, 5.41) is 10.9. The first-order valence-electron chi connectivity index (χ1n) is 9.11. The summed E-state index contributed by atoms with van der Waals surface area (Å²) in [5.74, 6) is 0.939. The molecule has 1 saturated carbocycles. The van der Waals surface area contributed by atoms with Gasteiger partial charge in [-0.2, -0.15) is 0 Å². The van der Waals surface area contributed by atoms with E-state index in [1.165, 1.54) is 0 Å². The number of amides is 1. The summed E-state index contributed by atoms with van der Waals surface area (Å²) < 4.78 is 13.2. The van der Waals surface area contributed by atoms with Crippen LogP contribution in [0.2, 0.25) is 0 Å². The van der Waals surface area contributed by atoms with Gasteiger partial charge in [-0.3, -0.25) is 15.0 Å². The largest absolute Gasteiger partial charge is 0.493 e. The Labute approximate surface area is 156 Å². The molecule has 2 aromatic heterocycles. The maximum atomic E-state index is 11.7. The number of benzene rings is 1. The van der Waals surface area contributed by atoms with E-state index in [0.29, 0.717) is 17.5 Å². The molecular weight excluding hydrogens is 346 g/mol. The minimum Gasteiger partial charge on any atom is -0.493 e. The molecule has 27 heavy (non-hydrogen) atoms. The molecule has 0 unspecified atom stereocenters. The van der Waals surface area contributed by atoms with E-state index in [1.807, 2.05) is 18.3 Å². The third kappa shape index (κ3) is 2.98. The monoisotopic (exact) mass is 369 g/mol. The predicted molar refractivity (Wildman–Crippen MR) is 101 cm³/mol. The van der Waals surface area contributed by atoms with Gasteiger partial charge in [0.2, 0.25) is 5.91 Å². The molecule has 1 aromatic carbocycles. The molecule has 1 aliphatic carbocycles. The smallest absolute Gasteiger partial charge is 0.246 e. The van der Waals surface area contributed by atoms with Crippen molar-refractivity contribution in [2.45, 2.75) is 31.7 Å². The number of nitrogens with one attached hydrogen (secondary N) is 1. The van der Waals surface area contributed by atoms with Crippen LogP contribution in [0.4, 0.5) is 0 Å². The molecule has 3 aromatic rings. The SMILES string of the molecule is COc1cc2ncc3ccn(C4CCC(C(=O)NO)CC4)c3c2cc1OC. The van der Waals surface area contributed by atoms with E-state index in [4.69, 9.17) is 14.7 Å². The lowest BCUT2D eigenvalue weighted by atomic mass is 9.85. The van der Waals surface area contributed by atoms with E-state index in [9.17, 15) is 4.79 Å². The second-order valence-electron chi connectivity index (χ2n) is 6.99. The molecule has 2 N–H and O–H groups in total. The zero-order chi connectivity index (χ0) is 19.0. The fourth-order valence-electron chi connectivity index (χ4n) is 4.18. The summed E-state index contributed by atoms with van der Waals surface area (Å²) in [5.41, 5.74) is 3.76. The van der Waals surface area contributed by atoms with Crippen LogP contribution in [0.3, 0.4) is 0 Å². The molecule has 0 aliphatic heterocycles. The number of pyridine rings is 1. The molecule has 0 radical (unpaired) electrons. The molecule has 1 fully saturated rings. The van der Waals surface area contributed by atoms with E-state index in [-0.39, 0.29) is 11.8 Å². The van der Waals surface area contributed by atoms with Crippen LogP contribution < -0.4 is 15.0 Å². The molecular formula is C20H23N3O4. The van der Waals surface area contributed by atoms with Gasteiger partial charge in [-0.1, -0.05) is 0 Å².